The second-order valence-corrected chi connectivity index (χ2v) is 8.18. The third-order valence-corrected chi connectivity index (χ3v) is 5.23. The fourth-order valence-electron chi connectivity index (χ4n) is 3.21. The minimum Gasteiger partial charge on any atom is -0.423 e. The fraction of sp³-hybridized carbons (Fsp3) is 0.231. The Morgan fingerprint density at radius 3 is 2.37 bits per heavy atom. The minimum atomic E-state index is -0.777. The molecule has 1 aromatic heterocycles. The van der Waals surface area contributed by atoms with E-state index in [1.807, 2.05) is 0 Å². The molecule has 0 saturated heterocycles. The van der Waals surface area contributed by atoms with Crippen molar-refractivity contribution in [3.8, 4) is 5.75 Å². The smallest absolute Gasteiger partial charge is 0.328 e. The highest BCUT2D eigenvalue weighted by Gasteiger charge is 2.17. The zero-order valence-corrected chi connectivity index (χ0v) is 20.7. The molecule has 0 unspecified atom stereocenters. The lowest BCUT2D eigenvalue weighted by molar-refractivity contribution is -0.136. The van der Waals surface area contributed by atoms with E-state index in [4.69, 9.17) is 21.9 Å². The van der Waals surface area contributed by atoms with Gasteiger partial charge in [-0.3, -0.25) is 9.59 Å². The zero-order chi connectivity index (χ0) is 27.3. The predicted octanol–water partition coefficient (Wildman–Crippen LogP) is 2.81. The van der Waals surface area contributed by atoms with Gasteiger partial charge in [0.15, 0.2) is 11.6 Å². The van der Waals surface area contributed by atoms with Crippen LogP contribution in [-0.4, -0.2) is 41.9 Å². The molecule has 12 nitrogen and oxygen atoms in total. The van der Waals surface area contributed by atoms with Gasteiger partial charge >= 0.3 is 5.97 Å². The van der Waals surface area contributed by atoms with Crippen LogP contribution in [0.5, 0.6) is 5.75 Å². The Labute approximate surface area is 219 Å². The number of nitrogens with one attached hydrogen (secondary N) is 2. The van der Waals surface area contributed by atoms with Gasteiger partial charge < -0.3 is 32.6 Å². The maximum atomic E-state index is 12.3. The molecule has 0 saturated carbocycles. The summed E-state index contributed by atoms with van der Waals surface area (Å²) >= 11 is 0. The number of carbonyl (C=O) groups is 3. The predicted molar refractivity (Wildman–Crippen MR) is 143 cm³/mol. The van der Waals surface area contributed by atoms with Gasteiger partial charge in [0, 0.05) is 5.56 Å². The van der Waals surface area contributed by atoms with Gasteiger partial charge in [0.2, 0.25) is 5.91 Å². The number of ether oxygens (including phenoxy) is 1. The first-order valence-electron chi connectivity index (χ1n) is 11.9. The van der Waals surface area contributed by atoms with Crippen molar-refractivity contribution >= 4 is 40.8 Å². The summed E-state index contributed by atoms with van der Waals surface area (Å²) in [5, 5.41) is 13.3. The van der Waals surface area contributed by atoms with E-state index < -0.39 is 17.9 Å². The van der Waals surface area contributed by atoms with E-state index >= 15 is 0 Å². The Kier molecular flexibility index (Phi) is 10.4. The topological polar surface area (TPSA) is 200 Å². The second kappa shape index (κ2) is 14.2. The molecule has 0 spiro atoms. The number of aromatic nitrogens is 1. The Morgan fingerprint density at radius 2 is 1.63 bits per heavy atom. The first kappa shape index (κ1) is 27.9. The molecule has 3 aromatic rings. The molecule has 1 heterocycles. The van der Waals surface area contributed by atoms with E-state index in [1.165, 1.54) is 12.1 Å². The molecule has 198 valence electrons. The zero-order valence-electron chi connectivity index (χ0n) is 20.7. The van der Waals surface area contributed by atoms with Gasteiger partial charge in [-0.25, -0.2) is 9.78 Å². The van der Waals surface area contributed by atoms with Gasteiger partial charge in [-0.1, -0.05) is 36.8 Å². The molecule has 3 rings (SSSR count). The van der Waals surface area contributed by atoms with Gasteiger partial charge in [-0.05, 0) is 55.8 Å². The van der Waals surface area contributed by atoms with Crippen molar-refractivity contribution in [3.63, 3.8) is 0 Å². The van der Waals surface area contributed by atoms with E-state index in [0.717, 1.165) is 12.8 Å². The second-order valence-electron chi connectivity index (χ2n) is 8.18. The first-order valence-corrected chi connectivity index (χ1v) is 11.9. The van der Waals surface area contributed by atoms with Gasteiger partial charge in [0.05, 0.1) is 6.54 Å². The number of nitrogens with two attached hydrogens (primary N) is 3. The van der Waals surface area contributed by atoms with E-state index in [9.17, 15) is 14.4 Å². The summed E-state index contributed by atoms with van der Waals surface area (Å²) in [6.07, 6.45) is 1.96. The van der Waals surface area contributed by atoms with Crippen LogP contribution in [0.2, 0.25) is 0 Å². The normalized spacial score (nSPS) is 11.6. The number of nitrogens with zero attached hydrogens (tertiary/aromatic N) is 3. The number of hydrogen-bond donors (Lipinski definition) is 5. The summed E-state index contributed by atoms with van der Waals surface area (Å²) in [5.41, 5.74) is 18.3. The van der Waals surface area contributed by atoms with E-state index in [2.05, 4.69) is 25.8 Å². The molecule has 0 radical (unpaired) electrons. The molecule has 0 aliphatic carbocycles. The van der Waals surface area contributed by atoms with Crippen LogP contribution < -0.4 is 32.6 Å². The summed E-state index contributed by atoms with van der Waals surface area (Å²) in [5.74, 6) is -1.04. The lowest BCUT2D eigenvalue weighted by Crippen LogP contribution is -2.34. The number of pyridine rings is 1. The number of unbranched alkanes of at least 4 members (excludes halogenated alkanes) is 1. The number of hydrogen-bond acceptors (Lipinski definition) is 10. The largest absolute Gasteiger partial charge is 0.423 e. The number of esters is 1. The summed E-state index contributed by atoms with van der Waals surface area (Å²) < 4.78 is 5.41. The first-order chi connectivity index (χ1) is 18.4. The number of nitrogen functional groups attached to an aromatic ring is 1. The minimum absolute atomic E-state index is 0.0104. The lowest BCUT2D eigenvalue weighted by Gasteiger charge is -2.12. The molecule has 2 amide bonds. The van der Waals surface area contributed by atoms with Gasteiger partial charge in [-0.15, -0.1) is 10.2 Å². The average Bonchev–Trinajstić information content (AvgIpc) is 2.92. The maximum Gasteiger partial charge on any atom is 0.328 e. The molecule has 1 atom stereocenters. The molecular weight excluding hydrogens is 488 g/mol. The third-order valence-electron chi connectivity index (χ3n) is 5.23. The van der Waals surface area contributed by atoms with Crippen LogP contribution in [0.3, 0.4) is 0 Å². The van der Waals surface area contributed by atoms with Gasteiger partial charge in [0.1, 0.15) is 23.2 Å². The van der Waals surface area contributed by atoms with Crippen LogP contribution in [0, 0.1) is 0 Å². The highest BCUT2D eigenvalue weighted by Crippen LogP contribution is 2.30. The standard InChI is InChI=1S/C26H30N8O4/c27-15-7-6-10-18(28)26(37)38-21-12-5-4-11-19(21)33-34-20-13-14-22(32-24(20)29)31-23(35)16-30-25(36)17-8-2-1-3-9-17/h1-5,8-9,11-14,18H,6-7,10,15-16,27-28H2,(H,30,36)(H3,29,31,32,35)/t18-/m0/s1. The van der Waals surface area contributed by atoms with Crippen LogP contribution in [0.25, 0.3) is 0 Å². The number of para-hydroxylation sites is 1. The number of amides is 2. The van der Waals surface area contributed by atoms with Crippen molar-refractivity contribution in [2.24, 2.45) is 21.7 Å². The van der Waals surface area contributed by atoms with Crippen LogP contribution in [0.4, 0.5) is 23.0 Å². The summed E-state index contributed by atoms with van der Waals surface area (Å²) in [6.45, 7) is 0.284. The average molecular weight is 519 g/mol. The SMILES string of the molecule is NCCCC[C@H](N)C(=O)Oc1ccccc1N=Nc1ccc(NC(=O)CNC(=O)c2ccccc2)nc1N. The van der Waals surface area contributed by atoms with Crippen LogP contribution in [-0.2, 0) is 9.59 Å². The molecule has 0 bridgehead atoms. The molecule has 38 heavy (non-hydrogen) atoms. The third kappa shape index (κ3) is 8.47. The monoisotopic (exact) mass is 518 g/mol. The number of anilines is 2. The number of azo groups is 1. The summed E-state index contributed by atoms with van der Waals surface area (Å²) in [4.78, 5) is 40.7. The number of benzene rings is 2. The van der Waals surface area contributed by atoms with Crippen LogP contribution in [0.15, 0.2) is 77.0 Å². The highest BCUT2D eigenvalue weighted by atomic mass is 16.5. The van der Waals surface area contributed by atoms with Crippen molar-refractivity contribution in [2.45, 2.75) is 25.3 Å². The quantitative estimate of drug-likeness (QED) is 0.104. The van der Waals surface area contributed by atoms with Crippen molar-refractivity contribution in [1.29, 1.82) is 0 Å². The molecule has 2 aromatic carbocycles. The van der Waals surface area contributed by atoms with Crippen molar-refractivity contribution in [3.05, 3.63) is 72.3 Å². The van der Waals surface area contributed by atoms with E-state index in [0.29, 0.717) is 24.2 Å². The van der Waals surface area contributed by atoms with Crippen molar-refractivity contribution in [1.82, 2.24) is 10.3 Å². The van der Waals surface area contributed by atoms with Gasteiger partial charge in [-0.2, -0.15) is 0 Å². The molecule has 0 fully saturated rings. The Bertz CT molecular complexity index is 1280. The lowest BCUT2D eigenvalue weighted by atomic mass is 10.1. The number of carbonyl (C=O) groups excluding carboxylic acids is 3. The highest BCUT2D eigenvalue weighted by molar-refractivity contribution is 5.99. The summed E-state index contributed by atoms with van der Waals surface area (Å²) in [7, 11) is 0. The molecular formula is C26H30N8O4. The summed E-state index contributed by atoms with van der Waals surface area (Å²) in [6, 6.07) is 17.4. The molecule has 12 heteroatoms. The van der Waals surface area contributed by atoms with E-state index in [1.54, 1.807) is 54.6 Å². The Hall–Kier alpha value is -4.68. The van der Waals surface area contributed by atoms with Crippen molar-refractivity contribution < 1.29 is 19.1 Å². The van der Waals surface area contributed by atoms with Crippen LogP contribution in [0.1, 0.15) is 29.6 Å². The molecule has 0 aliphatic heterocycles. The maximum absolute atomic E-state index is 12.3. The molecule has 8 N–H and O–H groups in total. The van der Waals surface area contributed by atoms with E-state index in [-0.39, 0.29) is 35.5 Å². The fourth-order valence-corrected chi connectivity index (χ4v) is 3.21. The number of rotatable bonds is 12. The van der Waals surface area contributed by atoms with Gasteiger partial charge in [0.25, 0.3) is 5.91 Å². The Balaban J connectivity index is 1.58. The Morgan fingerprint density at radius 1 is 0.921 bits per heavy atom. The van der Waals surface area contributed by atoms with Crippen molar-refractivity contribution in [2.75, 3.05) is 24.1 Å². The van der Waals surface area contributed by atoms with Crippen LogP contribution >= 0.6 is 0 Å². The molecule has 0 aliphatic rings.